The van der Waals surface area contributed by atoms with Crippen LogP contribution in [0.3, 0.4) is 0 Å². The van der Waals surface area contributed by atoms with Crippen LogP contribution >= 0.6 is 0 Å². The van der Waals surface area contributed by atoms with Gasteiger partial charge >= 0.3 is 6.09 Å². The molecule has 1 atom stereocenters. The van der Waals surface area contributed by atoms with Gasteiger partial charge in [0.15, 0.2) is 0 Å². The fourth-order valence-electron chi connectivity index (χ4n) is 3.80. The fraction of sp³-hybridized carbons (Fsp3) is 0.556. The minimum Gasteiger partial charge on any atom is -0.474 e. The molecule has 2 heterocycles. The van der Waals surface area contributed by atoms with Crippen molar-refractivity contribution in [3.8, 4) is 17.5 Å². The Morgan fingerprint density at radius 3 is 2.34 bits per heavy atom. The monoisotopic (exact) mass is 532 g/mol. The Kier molecular flexibility index (Phi) is 10.6. The number of ether oxygens (including phenoxy) is 4. The van der Waals surface area contributed by atoms with Crippen molar-refractivity contribution in [1.29, 1.82) is 0 Å². The standard InChI is InChI=1S/C27H37FN4O6/c1-17(2)35-23(28)15-29-24(33)14-20-6-8-21(9-7-20)37-25-19(5)26(31-16-30-25)38-22-10-12-32(13-11-22)27(34)36-18(3)4/h6-9,16-18,22-23H,10-15H2,1-5H3,(H,29,33). The van der Waals surface area contributed by atoms with Crippen LogP contribution in [0.1, 0.15) is 51.7 Å². The smallest absolute Gasteiger partial charge is 0.410 e. The summed E-state index contributed by atoms with van der Waals surface area (Å²) in [6, 6.07) is 6.99. The van der Waals surface area contributed by atoms with Crippen LogP contribution < -0.4 is 14.8 Å². The number of aromatic nitrogens is 2. The SMILES string of the molecule is Cc1c(Oc2ccc(CC(=O)NCC(F)OC(C)C)cc2)ncnc1OC1CCN(C(=O)OC(C)C)CC1. The Morgan fingerprint density at radius 1 is 1.05 bits per heavy atom. The molecule has 1 fully saturated rings. The second-order valence-electron chi connectivity index (χ2n) is 9.67. The van der Waals surface area contributed by atoms with Crippen molar-refractivity contribution in [2.45, 2.75) is 78.6 Å². The first kappa shape index (κ1) is 29.1. The largest absolute Gasteiger partial charge is 0.474 e. The highest BCUT2D eigenvalue weighted by Gasteiger charge is 2.26. The minimum absolute atomic E-state index is 0.0883. The molecular formula is C27H37FN4O6. The van der Waals surface area contributed by atoms with Crippen LogP contribution in [0.15, 0.2) is 30.6 Å². The molecule has 3 rings (SSSR count). The molecule has 1 N–H and O–H groups in total. The van der Waals surface area contributed by atoms with Crippen molar-refractivity contribution in [2.24, 2.45) is 0 Å². The van der Waals surface area contributed by atoms with Gasteiger partial charge in [0.05, 0.1) is 30.7 Å². The van der Waals surface area contributed by atoms with Crippen molar-refractivity contribution in [1.82, 2.24) is 20.2 Å². The number of hydrogen-bond acceptors (Lipinski definition) is 8. The second-order valence-corrected chi connectivity index (χ2v) is 9.67. The normalized spacial score (nSPS) is 14.9. The second kappa shape index (κ2) is 13.9. The predicted molar refractivity (Wildman–Crippen MR) is 138 cm³/mol. The van der Waals surface area contributed by atoms with E-state index in [-0.39, 0.29) is 43.3 Å². The van der Waals surface area contributed by atoms with Gasteiger partial charge in [0, 0.05) is 25.9 Å². The number of carbonyl (C=O) groups excluding carboxylic acids is 2. The van der Waals surface area contributed by atoms with Crippen LogP contribution in [-0.4, -0.2) is 71.2 Å². The highest BCUT2D eigenvalue weighted by molar-refractivity contribution is 5.78. The minimum atomic E-state index is -1.54. The molecule has 1 aliphatic heterocycles. The van der Waals surface area contributed by atoms with Crippen LogP contribution in [0.25, 0.3) is 0 Å². The van der Waals surface area contributed by atoms with Gasteiger partial charge in [0.2, 0.25) is 24.0 Å². The Hall–Kier alpha value is -3.47. The molecular weight excluding hydrogens is 495 g/mol. The third-order valence-electron chi connectivity index (χ3n) is 5.69. The van der Waals surface area contributed by atoms with Gasteiger partial charge in [0.1, 0.15) is 18.2 Å². The van der Waals surface area contributed by atoms with Gasteiger partial charge in [-0.15, -0.1) is 0 Å². The number of rotatable bonds is 11. The van der Waals surface area contributed by atoms with Gasteiger partial charge in [-0.25, -0.2) is 19.2 Å². The van der Waals surface area contributed by atoms with Gasteiger partial charge in [0.25, 0.3) is 0 Å². The van der Waals surface area contributed by atoms with E-state index in [4.69, 9.17) is 18.9 Å². The number of piperidine rings is 1. The first-order valence-corrected chi connectivity index (χ1v) is 12.9. The van der Waals surface area contributed by atoms with E-state index < -0.39 is 6.36 Å². The lowest BCUT2D eigenvalue weighted by atomic mass is 10.1. The maximum Gasteiger partial charge on any atom is 0.410 e. The Bertz CT molecular complexity index is 1060. The van der Waals surface area contributed by atoms with Crippen LogP contribution in [0.5, 0.6) is 17.5 Å². The Labute approximate surface area is 222 Å². The lowest BCUT2D eigenvalue weighted by Gasteiger charge is -2.31. The van der Waals surface area contributed by atoms with E-state index in [1.807, 2.05) is 20.8 Å². The van der Waals surface area contributed by atoms with E-state index in [9.17, 15) is 14.0 Å². The molecule has 11 heteroatoms. The summed E-state index contributed by atoms with van der Waals surface area (Å²) in [5.74, 6) is 1.02. The number of hydrogen-bond donors (Lipinski definition) is 1. The Balaban J connectivity index is 1.50. The van der Waals surface area contributed by atoms with E-state index in [1.54, 1.807) is 43.0 Å². The molecule has 0 bridgehead atoms. The number of benzene rings is 1. The number of nitrogens with one attached hydrogen (secondary N) is 1. The summed E-state index contributed by atoms with van der Waals surface area (Å²) in [5.41, 5.74) is 1.41. The molecule has 1 aromatic heterocycles. The summed E-state index contributed by atoms with van der Waals surface area (Å²) in [7, 11) is 0. The van der Waals surface area contributed by atoms with E-state index in [0.29, 0.717) is 49.0 Å². The molecule has 1 aliphatic rings. The number of halogens is 1. The van der Waals surface area contributed by atoms with Crippen LogP contribution in [-0.2, 0) is 20.7 Å². The zero-order valence-electron chi connectivity index (χ0n) is 22.6. The van der Waals surface area contributed by atoms with Crippen molar-refractivity contribution >= 4 is 12.0 Å². The summed E-state index contributed by atoms with van der Waals surface area (Å²) in [4.78, 5) is 34.4. The maximum absolute atomic E-state index is 13.6. The first-order chi connectivity index (χ1) is 18.1. The van der Waals surface area contributed by atoms with E-state index >= 15 is 0 Å². The van der Waals surface area contributed by atoms with Gasteiger partial charge in [-0.1, -0.05) is 12.1 Å². The van der Waals surface area contributed by atoms with E-state index in [2.05, 4.69) is 15.3 Å². The zero-order chi connectivity index (χ0) is 27.7. The molecule has 1 aromatic carbocycles. The van der Waals surface area contributed by atoms with E-state index in [0.717, 1.165) is 5.56 Å². The lowest BCUT2D eigenvalue weighted by Crippen LogP contribution is -2.42. The topological polar surface area (TPSA) is 112 Å². The molecule has 2 amide bonds. The summed E-state index contributed by atoms with van der Waals surface area (Å²) in [5, 5.41) is 2.53. The highest BCUT2D eigenvalue weighted by Crippen LogP contribution is 2.29. The third kappa shape index (κ3) is 9.13. The number of carbonyl (C=O) groups is 2. The summed E-state index contributed by atoms with van der Waals surface area (Å²) >= 11 is 0. The quantitative estimate of drug-likeness (QED) is 0.455. The predicted octanol–water partition coefficient (Wildman–Crippen LogP) is 4.34. The van der Waals surface area contributed by atoms with Crippen molar-refractivity contribution < 1.29 is 32.9 Å². The average Bonchev–Trinajstić information content (AvgIpc) is 2.86. The summed E-state index contributed by atoms with van der Waals surface area (Å²) in [6.07, 6.45) is 0.478. The molecule has 2 aromatic rings. The van der Waals surface area contributed by atoms with Crippen LogP contribution in [0.2, 0.25) is 0 Å². The van der Waals surface area contributed by atoms with Gasteiger partial charge in [-0.3, -0.25) is 4.79 Å². The van der Waals surface area contributed by atoms with E-state index in [1.165, 1.54) is 6.33 Å². The third-order valence-corrected chi connectivity index (χ3v) is 5.69. The average molecular weight is 533 g/mol. The maximum atomic E-state index is 13.6. The number of alkyl halides is 1. The van der Waals surface area contributed by atoms with Crippen molar-refractivity contribution in [3.63, 3.8) is 0 Å². The zero-order valence-corrected chi connectivity index (χ0v) is 22.6. The molecule has 0 spiro atoms. The molecule has 208 valence electrons. The molecule has 38 heavy (non-hydrogen) atoms. The molecule has 0 saturated carbocycles. The first-order valence-electron chi connectivity index (χ1n) is 12.9. The van der Waals surface area contributed by atoms with Crippen molar-refractivity contribution in [3.05, 3.63) is 41.7 Å². The van der Waals surface area contributed by atoms with Gasteiger partial charge in [-0.05, 0) is 52.3 Å². The number of likely N-dealkylation sites (tertiary alicyclic amines) is 1. The Morgan fingerprint density at radius 2 is 1.71 bits per heavy atom. The number of nitrogens with zero attached hydrogens (tertiary/aromatic N) is 3. The molecule has 1 unspecified atom stereocenters. The van der Waals surface area contributed by atoms with Crippen LogP contribution in [0, 0.1) is 6.92 Å². The molecule has 1 saturated heterocycles. The highest BCUT2D eigenvalue weighted by atomic mass is 19.1. The van der Waals surface area contributed by atoms with Crippen molar-refractivity contribution in [2.75, 3.05) is 19.6 Å². The molecule has 0 radical (unpaired) electrons. The lowest BCUT2D eigenvalue weighted by molar-refractivity contribution is -0.123. The molecule has 0 aliphatic carbocycles. The van der Waals surface area contributed by atoms with Gasteiger partial charge in [-0.2, -0.15) is 0 Å². The molecule has 10 nitrogen and oxygen atoms in total. The number of amides is 2. The summed E-state index contributed by atoms with van der Waals surface area (Å²) < 4.78 is 35.9. The van der Waals surface area contributed by atoms with Gasteiger partial charge < -0.3 is 29.2 Å². The summed E-state index contributed by atoms with van der Waals surface area (Å²) in [6.45, 7) is 9.84. The fourth-order valence-corrected chi connectivity index (χ4v) is 3.80. The van der Waals surface area contributed by atoms with Crippen LogP contribution in [0.4, 0.5) is 9.18 Å².